The first-order valence-electron chi connectivity index (χ1n) is 5.07. The summed E-state index contributed by atoms with van der Waals surface area (Å²) in [6, 6.07) is 0. The van der Waals surface area contributed by atoms with Crippen LogP contribution in [0.3, 0.4) is 0 Å². The summed E-state index contributed by atoms with van der Waals surface area (Å²) < 4.78 is 10.8. The highest BCUT2D eigenvalue weighted by Gasteiger charge is 2.29. The minimum atomic E-state index is -0.421. The van der Waals surface area contributed by atoms with Crippen LogP contribution in [0.5, 0.6) is 0 Å². The Balaban J connectivity index is 4.08. The first-order valence-corrected chi connectivity index (χ1v) is 5.07. The lowest BCUT2D eigenvalue weighted by Gasteiger charge is -2.31. The molecule has 0 rings (SSSR count). The minimum absolute atomic E-state index is 0.223. The Morgan fingerprint density at radius 2 is 1.79 bits per heavy atom. The second-order valence-electron chi connectivity index (χ2n) is 4.56. The maximum atomic E-state index is 10.8. The molecule has 1 atom stereocenters. The molecule has 3 heteroatoms. The molecule has 0 aliphatic carbocycles. The monoisotopic (exact) mass is 202 g/mol. The second kappa shape index (κ2) is 5.35. The summed E-state index contributed by atoms with van der Waals surface area (Å²) in [5.41, 5.74) is -0.421. The van der Waals surface area contributed by atoms with Crippen molar-refractivity contribution in [3.63, 3.8) is 0 Å². The predicted molar refractivity (Wildman–Crippen MR) is 56.1 cm³/mol. The van der Waals surface area contributed by atoms with Crippen molar-refractivity contribution in [2.24, 2.45) is 5.92 Å². The molecule has 0 aliphatic rings. The Morgan fingerprint density at radius 3 is 2.14 bits per heavy atom. The number of hydrogen-bond donors (Lipinski definition) is 0. The summed E-state index contributed by atoms with van der Waals surface area (Å²) >= 11 is 0. The Hall–Kier alpha value is -0.570. The van der Waals surface area contributed by atoms with E-state index in [1.165, 1.54) is 6.92 Å². The van der Waals surface area contributed by atoms with Gasteiger partial charge in [0.05, 0.1) is 5.60 Å². The molecule has 0 saturated heterocycles. The van der Waals surface area contributed by atoms with Gasteiger partial charge in [-0.25, -0.2) is 0 Å². The van der Waals surface area contributed by atoms with Gasteiger partial charge in [-0.1, -0.05) is 13.8 Å². The quantitative estimate of drug-likeness (QED) is 0.642. The Labute approximate surface area is 86.8 Å². The highest BCUT2D eigenvalue weighted by Crippen LogP contribution is 2.18. The molecule has 0 aromatic heterocycles. The molecule has 0 bridgehead atoms. The maximum Gasteiger partial charge on any atom is 0.302 e. The first-order chi connectivity index (χ1) is 6.25. The van der Waals surface area contributed by atoms with E-state index in [2.05, 4.69) is 13.8 Å². The van der Waals surface area contributed by atoms with Gasteiger partial charge in [0.2, 0.25) is 0 Å². The average molecular weight is 202 g/mol. The fraction of sp³-hybridized carbons (Fsp3) is 0.909. The van der Waals surface area contributed by atoms with E-state index in [1.807, 2.05) is 20.8 Å². The lowest BCUT2D eigenvalue weighted by molar-refractivity contribution is -0.165. The molecule has 0 saturated carbocycles. The van der Waals surface area contributed by atoms with Gasteiger partial charge in [-0.3, -0.25) is 4.79 Å². The van der Waals surface area contributed by atoms with Crippen molar-refractivity contribution in [3.05, 3.63) is 0 Å². The van der Waals surface area contributed by atoms with Crippen LogP contribution in [0.15, 0.2) is 0 Å². The second-order valence-corrected chi connectivity index (χ2v) is 4.56. The summed E-state index contributed by atoms with van der Waals surface area (Å²) in [4.78, 5) is 10.8. The van der Waals surface area contributed by atoms with Gasteiger partial charge < -0.3 is 9.47 Å². The third-order valence-corrected chi connectivity index (χ3v) is 2.11. The standard InChI is InChI=1S/C11H22O3/c1-8(2)7-13-11(5,6)9(3)14-10(4)12/h8-9H,7H2,1-6H3. The molecule has 0 N–H and O–H groups in total. The van der Waals surface area contributed by atoms with Crippen molar-refractivity contribution in [1.29, 1.82) is 0 Å². The van der Waals surface area contributed by atoms with Crippen LogP contribution in [0.1, 0.15) is 41.5 Å². The topological polar surface area (TPSA) is 35.5 Å². The van der Waals surface area contributed by atoms with Gasteiger partial charge in [0, 0.05) is 13.5 Å². The highest BCUT2D eigenvalue weighted by atomic mass is 16.6. The fourth-order valence-corrected chi connectivity index (χ4v) is 0.890. The molecule has 0 fully saturated rings. The number of ether oxygens (including phenoxy) is 2. The molecule has 0 aromatic rings. The van der Waals surface area contributed by atoms with Gasteiger partial charge in [-0.05, 0) is 26.7 Å². The van der Waals surface area contributed by atoms with Crippen LogP contribution in [0.25, 0.3) is 0 Å². The maximum absolute atomic E-state index is 10.8. The molecule has 0 spiro atoms. The third kappa shape index (κ3) is 5.22. The van der Waals surface area contributed by atoms with E-state index in [-0.39, 0.29) is 12.1 Å². The molecule has 3 nitrogen and oxygen atoms in total. The Kier molecular flexibility index (Phi) is 5.13. The lowest BCUT2D eigenvalue weighted by Crippen LogP contribution is -2.40. The van der Waals surface area contributed by atoms with Crippen molar-refractivity contribution in [2.45, 2.75) is 53.2 Å². The molecule has 84 valence electrons. The molecule has 1 unspecified atom stereocenters. The van der Waals surface area contributed by atoms with E-state index in [1.54, 1.807) is 0 Å². The average Bonchev–Trinajstić information content (AvgIpc) is 1.99. The van der Waals surface area contributed by atoms with Gasteiger partial charge in [0.1, 0.15) is 6.10 Å². The van der Waals surface area contributed by atoms with Crippen LogP contribution in [0.2, 0.25) is 0 Å². The normalized spacial score (nSPS) is 14.2. The van der Waals surface area contributed by atoms with E-state index in [4.69, 9.17) is 9.47 Å². The van der Waals surface area contributed by atoms with Crippen molar-refractivity contribution >= 4 is 5.97 Å². The van der Waals surface area contributed by atoms with Crippen molar-refractivity contribution in [3.8, 4) is 0 Å². The zero-order valence-corrected chi connectivity index (χ0v) is 10.1. The Morgan fingerprint density at radius 1 is 1.29 bits per heavy atom. The zero-order valence-electron chi connectivity index (χ0n) is 10.1. The van der Waals surface area contributed by atoms with Crippen LogP contribution in [0.4, 0.5) is 0 Å². The summed E-state index contributed by atoms with van der Waals surface area (Å²) in [7, 11) is 0. The van der Waals surface area contributed by atoms with Crippen LogP contribution in [0, 0.1) is 5.92 Å². The predicted octanol–water partition coefficient (Wildman–Crippen LogP) is 2.39. The van der Waals surface area contributed by atoms with Crippen molar-refractivity contribution in [1.82, 2.24) is 0 Å². The molecule has 14 heavy (non-hydrogen) atoms. The van der Waals surface area contributed by atoms with Gasteiger partial charge in [-0.2, -0.15) is 0 Å². The molecular weight excluding hydrogens is 180 g/mol. The summed E-state index contributed by atoms with van der Waals surface area (Å²) in [5, 5.41) is 0. The molecule has 0 heterocycles. The van der Waals surface area contributed by atoms with Crippen LogP contribution in [-0.2, 0) is 14.3 Å². The molecule has 0 amide bonds. The van der Waals surface area contributed by atoms with Crippen molar-refractivity contribution < 1.29 is 14.3 Å². The smallest absolute Gasteiger partial charge is 0.302 e. The number of esters is 1. The molecule has 0 aliphatic heterocycles. The summed E-state index contributed by atoms with van der Waals surface area (Å²) in [6.45, 7) is 12.0. The highest BCUT2D eigenvalue weighted by molar-refractivity contribution is 5.66. The largest absolute Gasteiger partial charge is 0.460 e. The first kappa shape index (κ1) is 13.4. The minimum Gasteiger partial charge on any atom is -0.460 e. The van der Waals surface area contributed by atoms with E-state index in [9.17, 15) is 4.79 Å². The Bertz CT molecular complexity index is 185. The van der Waals surface area contributed by atoms with Gasteiger partial charge in [0.15, 0.2) is 0 Å². The van der Waals surface area contributed by atoms with Crippen LogP contribution < -0.4 is 0 Å². The number of rotatable bonds is 5. The summed E-state index contributed by atoms with van der Waals surface area (Å²) in [5.74, 6) is 0.220. The number of hydrogen-bond acceptors (Lipinski definition) is 3. The number of carbonyl (C=O) groups excluding carboxylic acids is 1. The fourth-order valence-electron chi connectivity index (χ4n) is 0.890. The van der Waals surface area contributed by atoms with E-state index in [0.717, 1.165) is 0 Å². The molecule has 0 radical (unpaired) electrons. The van der Waals surface area contributed by atoms with Crippen molar-refractivity contribution in [2.75, 3.05) is 6.61 Å². The van der Waals surface area contributed by atoms with Crippen LogP contribution >= 0.6 is 0 Å². The molecule has 0 aromatic carbocycles. The van der Waals surface area contributed by atoms with Gasteiger partial charge in [-0.15, -0.1) is 0 Å². The lowest BCUT2D eigenvalue weighted by atomic mass is 10.0. The SMILES string of the molecule is CC(=O)OC(C)C(C)(C)OCC(C)C. The van der Waals surface area contributed by atoms with Crippen LogP contribution in [-0.4, -0.2) is 24.3 Å². The van der Waals surface area contributed by atoms with Gasteiger partial charge in [0.25, 0.3) is 0 Å². The van der Waals surface area contributed by atoms with E-state index < -0.39 is 5.60 Å². The zero-order chi connectivity index (χ0) is 11.4. The van der Waals surface area contributed by atoms with E-state index >= 15 is 0 Å². The van der Waals surface area contributed by atoms with Gasteiger partial charge >= 0.3 is 5.97 Å². The number of carbonyl (C=O) groups is 1. The summed E-state index contributed by atoms with van der Waals surface area (Å²) in [6.07, 6.45) is -0.223. The molecular formula is C11H22O3. The third-order valence-electron chi connectivity index (χ3n) is 2.11. The van der Waals surface area contributed by atoms with E-state index in [0.29, 0.717) is 12.5 Å².